The number of hydrogen-bond donors (Lipinski definition) is 1. The van der Waals surface area contributed by atoms with Gasteiger partial charge in [-0.05, 0) is 38.1 Å². The lowest BCUT2D eigenvalue weighted by atomic mass is 10.2. The summed E-state index contributed by atoms with van der Waals surface area (Å²) in [4.78, 5) is 4.30. The molecule has 5 nitrogen and oxygen atoms in total. The van der Waals surface area contributed by atoms with E-state index in [9.17, 15) is 13.2 Å². The molecular formula is C13H20F3N5. The first-order valence-corrected chi connectivity index (χ1v) is 7.09. The lowest BCUT2D eigenvalue weighted by molar-refractivity contribution is -0.141. The van der Waals surface area contributed by atoms with Gasteiger partial charge >= 0.3 is 6.18 Å². The third-order valence-corrected chi connectivity index (χ3v) is 3.57. The Bertz CT molecular complexity index is 426. The topological polar surface area (TPSA) is 58.3 Å². The van der Waals surface area contributed by atoms with Crippen LogP contribution in [-0.2, 0) is 6.18 Å². The number of hydrogen-bond acceptors (Lipinski definition) is 5. The fraction of sp³-hybridized carbons (Fsp3) is 0.692. The molecule has 8 heteroatoms. The third-order valence-electron chi connectivity index (χ3n) is 3.57. The lowest BCUT2D eigenvalue weighted by Crippen LogP contribution is -2.47. The van der Waals surface area contributed by atoms with Crippen molar-refractivity contribution in [1.29, 1.82) is 0 Å². The SMILES string of the molecule is NCCCCN1CCN(c2ccc(C(F)(F)F)nn2)CC1. The Morgan fingerprint density at radius 2 is 1.76 bits per heavy atom. The molecule has 0 aromatic carbocycles. The Labute approximate surface area is 121 Å². The summed E-state index contributed by atoms with van der Waals surface area (Å²) in [6.45, 7) is 5.00. The first-order chi connectivity index (χ1) is 10.0. The number of unbranched alkanes of at least 4 members (excludes halogenated alkanes) is 1. The van der Waals surface area contributed by atoms with Crippen LogP contribution in [0.3, 0.4) is 0 Å². The first kappa shape index (κ1) is 16.0. The number of rotatable bonds is 5. The van der Waals surface area contributed by atoms with E-state index < -0.39 is 11.9 Å². The molecule has 118 valence electrons. The fourth-order valence-electron chi connectivity index (χ4n) is 2.33. The number of anilines is 1. The molecule has 2 N–H and O–H groups in total. The predicted molar refractivity (Wildman–Crippen MR) is 74.0 cm³/mol. The van der Waals surface area contributed by atoms with Gasteiger partial charge in [-0.2, -0.15) is 13.2 Å². The molecule has 0 spiro atoms. The number of aromatic nitrogens is 2. The fourth-order valence-corrected chi connectivity index (χ4v) is 2.33. The summed E-state index contributed by atoms with van der Waals surface area (Å²) in [5.41, 5.74) is 4.51. The Kier molecular flexibility index (Phi) is 5.35. The second-order valence-corrected chi connectivity index (χ2v) is 5.10. The molecule has 2 rings (SSSR count). The summed E-state index contributed by atoms with van der Waals surface area (Å²) in [6.07, 6.45) is -2.34. The Balaban J connectivity index is 1.85. The van der Waals surface area contributed by atoms with Crippen molar-refractivity contribution in [3.63, 3.8) is 0 Å². The maximum absolute atomic E-state index is 12.4. The van der Waals surface area contributed by atoms with E-state index in [1.165, 1.54) is 6.07 Å². The molecule has 1 saturated heterocycles. The normalized spacial score (nSPS) is 17.2. The average molecular weight is 303 g/mol. The Morgan fingerprint density at radius 1 is 1.05 bits per heavy atom. The minimum Gasteiger partial charge on any atom is -0.353 e. The van der Waals surface area contributed by atoms with Gasteiger partial charge in [0.15, 0.2) is 11.5 Å². The lowest BCUT2D eigenvalue weighted by Gasteiger charge is -2.35. The highest BCUT2D eigenvalue weighted by atomic mass is 19.4. The predicted octanol–water partition coefficient (Wildman–Crippen LogP) is 1.36. The van der Waals surface area contributed by atoms with Gasteiger partial charge in [0.2, 0.25) is 0 Å². The van der Waals surface area contributed by atoms with Gasteiger partial charge < -0.3 is 10.6 Å². The van der Waals surface area contributed by atoms with Crippen LogP contribution in [0.4, 0.5) is 19.0 Å². The smallest absolute Gasteiger partial charge is 0.353 e. The van der Waals surface area contributed by atoms with Crippen LogP contribution in [0.15, 0.2) is 12.1 Å². The highest BCUT2D eigenvalue weighted by molar-refractivity contribution is 5.38. The number of piperazine rings is 1. The van der Waals surface area contributed by atoms with E-state index in [4.69, 9.17) is 5.73 Å². The van der Waals surface area contributed by atoms with Gasteiger partial charge in [-0.1, -0.05) is 0 Å². The minimum absolute atomic E-state index is 0.504. The molecular weight excluding hydrogens is 283 g/mol. The third kappa shape index (κ3) is 4.53. The average Bonchev–Trinajstić information content (AvgIpc) is 2.48. The van der Waals surface area contributed by atoms with E-state index in [-0.39, 0.29) is 0 Å². The van der Waals surface area contributed by atoms with Gasteiger partial charge in [0.25, 0.3) is 0 Å². The molecule has 2 heterocycles. The van der Waals surface area contributed by atoms with Crippen LogP contribution in [-0.4, -0.2) is 54.4 Å². The molecule has 0 radical (unpaired) electrons. The summed E-state index contributed by atoms with van der Waals surface area (Å²) in [5, 5.41) is 6.95. The largest absolute Gasteiger partial charge is 0.435 e. The van der Waals surface area contributed by atoms with Crippen LogP contribution in [0.25, 0.3) is 0 Å². The van der Waals surface area contributed by atoms with Crippen molar-refractivity contribution in [3.8, 4) is 0 Å². The molecule has 0 unspecified atom stereocenters. The molecule has 0 saturated carbocycles. The van der Waals surface area contributed by atoms with Crippen LogP contribution >= 0.6 is 0 Å². The molecule has 1 aromatic heterocycles. The molecule has 0 bridgehead atoms. The van der Waals surface area contributed by atoms with E-state index in [0.29, 0.717) is 12.4 Å². The van der Waals surface area contributed by atoms with Gasteiger partial charge in [-0.15, -0.1) is 10.2 Å². The van der Waals surface area contributed by atoms with Gasteiger partial charge in [0.1, 0.15) is 0 Å². The second-order valence-electron chi connectivity index (χ2n) is 5.10. The van der Waals surface area contributed by atoms with Gasteiger partial charge in [0, 0.05) is 26.2 Å². The van der Waals surface area contributed by atoms with E-state index >= 15 is 0 Å². The Morgan fingerprint density at radius 3 is 2.29 bits per heavy atom. The number of alkyl halides is 3. The molecule has 21 heavy (non-hydrogen) atoms. The molecule has 0 atom stereocenters. The number of halogens is 3. The Hall–Kier alpha value is -1.41. The summed E-state index contributed by atoms with van der Waals surface area (Å²) in [7, 11) is 0. The highest BCUT2D eigenvalue weighted by Gasteiger charge is 2.33. The van der Waals surface area contributed by atoms with E-state index in [0.717, 1.165) is 51.6 Å². The zero-order valence-corrected chi connectivity index (χ0v) is 11.8. The van der Waals surface area contributed by atoms with Crippen molar-refractivity contribution >= 4 is 5.82 Å². The number of nitrogens with zero attached hydrogens (tertiary/aromatic N) is 4. The molecule has 1 aromatic rings. The molecule has 1 aliphatic rings. The molecule has 1 aliphatic heterocycles. The summed E-state index contributed by atoms with van der Waals surface area (Å²) < 4.78 is 37.3. The zero-order chi connectivity index (χ0) is 15.3. The van der Waals surface area contributed by atoms with Crippen molar-refractivity contribution in [3.05, 3.63) is 17.8 Å². The van der Waals surface area contributed by atoms with Crippen LogP contribution in [0, 0.1) is 0 Å². The van der Waals surface area contributed by atoms with Crippen molar-refractivity contribution in [2.75, 3.05) is 44.2 Å². The summed E-state index contributed by atoms with van der Waals surface area (Å²) in [6, 6.07) is 2.37. The quantitative estimate of drug-likeness (QED) is 0.832. The maximum atomic E-state index is 12.4. The van der Waals surface area contributed by atoms with Crippen molar-refractivity contribution in [1.82, 2.24) is 15.1 Å². The second kappa shape index (κ2) is 7.04. The number of nitrogens with two attached hydrogens (primary N) is 1. The highest BCUT2D eigenvalue weighted by Crippen LogP contribution is 2.27. The van der Waals surface area contributed by atoms with Crippen LogP contribution < -0.4 is 10.6 Å². The first-order valence-electron chi connectivity index (χ1n) is 7.09. The van der Waals surface area contributed by atoms with E-state index in [2.05, 4.69) is 15.1 Å². The zero-order valence-electron chi connectivity index (χ0n) is 11.8. The molecule has 0 amide bonds. The monoisotopic (exact) mass is 303 g/mol. The molecule has 0 aliphatic carbocycles. The van der Waals surface area contributed by atoms with Crippen molar-refractivity contribution in [2.24, 2.45) is 5.73 Å². The summed E-state index contributed by atoms with van der Waals surface area (Å²) in [5.74, 6) is 0.504. The summed E-state index contributed by atoms with van der Waals surface area (Å²) >= 11 is 0. The molecule has 1 fully saturated rings. The van der Waals surface area contributed by atoms with E-state index in [1.807, 2.05) is 4.90 Å². The maximum Gasteiger partial charge on any atom is 0.435 e. The van der Waals surface area contributed by atoms with Gasteiger partial charge in [-0.3, -0.25) is 4.90 Å². The van der Waals surface area contributed by atoms with E-state index in [1.54, 1.807) is 0 Å². The van der Waals surface area contributed by atoms with Crippen LogP contribution in [0.5, 0.6) is 0 Å². The minimum atomic E-state index is -4.44. The van der Waals surface area contributed by atoms with Crippen molar-refractivity contribution < 1.29 is 13.2 Å². The van der Waals surface area contributed by atoms with Gasteiger partial charge in [0.05, 0.1) is 0 Å². The van der Waals surface area contributed by atoms with Crippen LogP contribution in [0.1, 0.15) is 18.5 Å². The van der Waals surface area contributed by atoms with Crippen LogP contribution in [0.2, 0.25) is 0 Å². The standard InChI is InChI=1S/C13H20F3N5/c14-13(15,16)11-3-4-12(19-18-11)21-9-7-20(8-10-21)6-2-1-5-17/h3-4H,1-2,5-10,17H2. The van der Waals surface area contributed by atoms with Gasteiger partial charge in [-0.25, -0.2) is 0 Å². The van der Waals surface area contributed by atoms with Crippen molar-refractivity contribution in [2.45, 2.75) is 19.0 Å².